The van der Waals surface area contributed by atoms with Crippen LogP contribution in [0.25, 0.3) is 0 Å². The number of fused-ring (bicyclic) bond motifs is 2. The Bertz CT molecular complexity index is 959. The summed E-state index contributed by atoms with van der Waals surface area (Å²) in [7, 11) is 0. The monoisotopic (exact) mass is 436 g/mol. The minimum Gasteiger partial charge on any atom is -0.445 e. The van der Waals surface area contributed by atoms with Crippen LogP contribution in [0, 0.1) is 0 Å². The van der Waals surface area contributed by atoms with Gasteiger partial charge in [0.05, 0.1) is 0 Å². The summed E-state index contributed by atoms with van der Waals surface area (Å²) < 4.78 is 11.1. The molecule has 0 aromatic heterocycles. The molecule has 1 aliphatic heterocycles. The zero-order chi connectivity index (χ0) is 22.8. The predicted octanol–water partition coefficient (Wildman–Crippen LogP) is 4.81. The second-order valence-electron chi connectivity index (χ2n) is 9.74. The molecule has 2 aromatic rings. The first-order chi connectivity index (χ1) is 15.3. The summed E-state index contributed by atoms with van der Waals surface area (Å²) in [4.78, 5) is 27.0. The predicted molar refractivity (Wildman–Crippen MR) is 122 cm³/mol. The Morgan fingerprint density at radius 3 is 2.38 bits per heavy atom. The van der Waals surface area contributed by atoms with E-state index in [0.29, 0.717) is 13.1 Å². The highest BCUT2D eigenvalue weighted by Gasteiger charge is 2.49. The van der Waals surface area contributed by atoms with Gasteiger partial charge in [-0.25, -0.2) is 9.59 Å². The average molecular weight is 437 g/mol. The fourth-order valence-electron chi connectivity index (χ4n) is 4.92. The topological polar surface area (TPSA) is 67.9 Å². The number of rotatable bonds is 3. The van der Waals surface area contributed by atoms with Gasteiger partial charge in [0.15, 0.2) is 0 Å². The van der Waals surface area contributed by atoms with Gasteiger partial charge in [0.1, 0.15) is 12.2 Å². The summed E-state index contributed by atoms with van der Waals surface area (Å²) in [6, 6.07) is 18.0. The van der Waals surface area contributed by atoms with E-state index in [1.807, 2.05) is 57.2 Å². The summed E-state index contributed by atoms with van der Waals surface area (Å²) >= 11 is 0. The maximum Gasteiger partial charge on any atom is 0.410 e. The Morgan fingerprint density at radius 1 is 1.03 bits per heavy atom. The van der Waals surface area contributed by atoms with Gasteiger partial charge in [-0.2, -0.15) is 0 Å². The molecule has 1 heterocycles. The van der Waals surface area contributed by atoms with Crippen molar-refractivity contribution in [3.05, 3.63) is 71.3 Å². The average Bonchev–Trinajstić information content (AvgIpc) is 3.05. The van der Waals surface area contributed by atoms with Crippen LogP contribution in [0.3, 0.4) is 0 Å². The van der Waals surface area contributed by atoms with Crippen LogP contribution in [0.4, 0.5) is 9.59 Å². The lowest BCUT2D eigenvalue weighted by Crippen LogP contribution is -2.55. The molecule has 0 radical (unpaired) electrons. The smallest absolute Gasteiger partial charge is 0.410 e. The van der Waals surface area contributed by atoms with Gasteiger partial charge in [-0.05, 0) is 56.7 Å². The molecule has 2 amide bonds. The molecule has 1 saturated heterocycles. The van der Waals surface area contributed by atoms with E-state index in [4.69, 9.17) is 9.47 Å². The minimum absolute atomic E-state index is 0.0658. The van der Waals surface area contributed by atoms with Gasteiger partial charge < -0.3 is 19.7 Å². The number of nitrogens with one attached hydrogen (secondary N) is 1. The highest BCUT2D eigenvalue weighted by molar-refractivity contribution is 5.70. The third-order valence-electron chi connectivity index (χ3n) is 6.46. The molecular formula is C26H32N2O4. The van der Waals surface area contributed by atoms with Crippen molar-refractivity contribution in [3.8, 4) is 0 Å². The molecular weight excluding hydrogens is 404 g/mol. The van der Waals surface area contributed by atoms with Crippen LogP contribution < -0.4 is 5.32 Å². The van der Waals surface area contributed by atoms with Gasteiger partial charge >= 0.3 is 12.2 Å². The molecule has 0 saturated carbocycles. The molecule has 1 unspecified atom stereocenters. The molecule has 6 heteroatoms. The lowest BCUT2D eigenvalue weighted by atomic mass is 9.71. The molecule has 2 aromatic carbocycles. The molecule has 1 fully saturated rings. The van der Waals surface area contributed by atoms with Crippen LogP contribution in [0.5, 0.6) is 0 Å². The lowest BCUT2D eigenvalue weighted by Gasteiger charge is -2.43. The lowest BCUT2D eigenvalue weighted by molar-refractivity contribution is 0.0145. The van der Waals surface area contributed by atoms with Crippen LogP contribution in [0.15, 0.2) is 54.6 Å². The zero-order valence-corrected chi connectivity index (χ0v) is 19.1. The number of nitrogens with zero attached hydrogens (tertiary/aromatic N) is 1. The van der Waals surface area contributed by atoms with Gasteiger partial charge in [-0.1, -0.05) is 54.6 Å². The van der Waals surface area contributed by atoms with Crippen LogP contribution >= 0.6 is 0 Å². The van der Waals surface area contributed by atoms with Crippen LogP contribution in [-0.4, -0.2) is 41.8 Å². The zero-order valence-electron chi connectivity index (χ0n) is 19.1. The summed E-state index contributed by atoms with van der Waals surface area (Å²) in [6.45, 7) is 7.08. The number of carbonyl (C=O) groups is 2. The van der Waals surface area contributed by atoms with Crippen LogP contribution in [-0.2, 0) is 27.9 Å². The normalized spacial score (nSPS) is 19.3. The van der Waals surface area contributed by atoms with Crippen molar-refractivity contribution < 1.29 is 19.1 Å². The second kappa shape index (κ2) is 8.85. The van der Waals surface area contributed by atoms with Crippen molar-refractivity contribution in [2.75, 3.05) is 13.1 Å². The molecule has 1 spiro atoms. The first-order valence-corrected chi connectivity index (χ1v) is 11.3. The van der Waals surface area contributed by atoms with E-state index in [1.54, 1.807) is 4.90 Å². The Labute approximate surface area is 189 Å². The Kier molecular flexibility index (Phi) is 6.13. The standard InChI is InChI=1S/C26H32N2O4/c1-25(2,3)32-24(30)28-15-13-26(14-16-28)21-12-8-7-11-20(21)17-22(26)27-23(29)31-18-19-9-5-4-6-10-19/h4-12,22H,13-18H2,1-3H3,(H,27,29). The quantitative estimate of drug-likeness (QED) is 0.750. The highest BCUT2D eigenvalue weighted by Crippen LogP contribution is 2.46. The number of benzene rings is 2. The second-order valence-corrected chi connectivity index (χ2v) is 9.74. The Hall–Kier alpha value is -3.02. The van der Waals surface area contributed by atoms with Crippen molar-refractivity contribution in [2.45, 2.75) is 63.7 Å². The summed E-state index contributed by atoms with van der Waals surface area (Å²) in [6.07, 6.45) is 1.63. The van der Waals surface area contributed by atoms with Crippen molar-refractivity contribution in [1.82, 2.24) is 10.2 Å². The molecule has 1 aliphatic carbocycles. The minimum atomic E-state index is -0.515. The van der Waals surface area contributed by atoms with Gasteiger partial charge in [-0.15, -0.1) is 0 Å². The van der Waals surface area contributed by atoms with Crippen molar-refractivity contribution in [2.24, 2.45) is 0 Å². The third kappa shape index (κ3) is 4.74. The summed E-state index contributed by atoms with van der Waals surface area (Å²) in [5.41, 5.74) is 2.76. The van der Waals surface area contributed by atoms with E-state index in [-0.39, 0.29) is 24.2 Å². The molecule has 6 nitrogen and oxygen atoms in total. The van der Waals surface area contributed by atoms with E-state index < -0.39 is 11.7 Å². The Balaban J connectivity index is 1.45. The summed E-state index contributed by atoms with van der Waals surface area (Å²) in [5.74, 6) is 0. The molecule has 4 rings (SSSR count). The van der Waals surface area contributed by atoms with Crippen molar-refractivity contribution in [3.63, 3.8) is 0 Å². The largest absolute Gasteiger partial charge is 0.445 e. The van der Waals surface area contributed by atoms with Crippen LogP contribution in [0.2, 0.25) is 0 Å². The highest BCUT2D eigenvalue weighted by atomic mass is 16.6. The van der Waals surface area contributed by atoms with E-state index in [1.165, 1.54) is 11.1 Å². The third-order valence-corrected chi connectivity index (χ3v) is 6.46. The maximum atomic E-state index is 12.7. The van der Waals surface area contributed by atoms with Gasteiger partial charge in [0.25, 0.3) is 0 Å². The maximum absolute atomic E-state index is 12.7. The van der Waals surface area contributed by atoms with E-state index in [0.717, 1.165) is 24.8 Å². The summed E-state index contributed by atoms with van der Waals surface area (Å²) in [5, 5.41) is 3.14. The number of hydrogen-bond acceptors (Lipinski definition) is 4. The van der Waals surface area contributed by atoms with E-state index >= 15 is 0 Å². The van der Waals surface area contributed by atoms with Crippen molar-refractivity contribution in [1.29, 1.82) is 0 Å². The molecule has 2 aliphatic rings. The Morgan fingerprint density at radius 2 is 1.69 bits per heavy atom. The first kappa shape index (κ1) is 22.2. The molecule has 0 bridgehead atoms. The fourth-order valence-corrected chi connectivity index (χ4v) is 4.92. The molecule has 32 heavy (non-hydrogen) atoms. The number of piperidine rings is 1. The molecule has 1 N–H and O–H groups in total. The number of carbonyl (C=O) groups excluding carboxylic acids is 2. The number of likely N-dealkylation sites (tertiary alicyclic amines) is 1. The van der Waals surface area contributed by atoms with E-state index in [9.17, 15) is 9.59 Å². The first-order valence-electron chi connectivity index (χ1n) is 11.3. The number of alkyl carbamates (subject to hydrolysis) is 1. The van der Waals surface area contributed by atoms with Gasteiger partial charge in [-0.3, -0.25) is 0 Å². The van der Waals surface area contributed by atoms with E-state index in [2.05, 4.69) is 23.5 Å². The number of amides is 2. The SMILES string of the molecule is CC(C)(C)OC(=O)N1CCC2(CC1)c1ccccc1CC2NC(=O)OCc1ccccc1. The van der Waals surface area contributed by atoms with Crippen LogP contribution in [0.1, 0.15) is 50.3 Å². The number of hydrogen-bond donors (Lipinski definition) is 1. The fraction of sp³-hybridized carbons (Fsp3) is 0.462. The molecule has 1 atom stereocenters. The van der Waals surface area contributed by atoms with Gasteiger partial charge in [0, 0.05) is 24.5 Å². The number of ether oxygens (including phenoxy) is 2. The van der Waals surface area contributed by atoms with Crippen molar-refractivity contribution >= 4 is 12.2 Å². The molecule has 170 valence electrons. The van der Waals surface area contributed by atoms with Gasteiger partial charge in [0.2, 0.25) is 0 Å².